The molecule has 2 fully saturated rings. The molecule has 0 bridgehead atoms. The molecule has 25 heavy (non-hydrogen) atoms. The molecule has 0 aromatic carbocycles. The van der Waals surface area contributed by atoms with Crippen LogP contribution in [0.25, 0.3) is 0 Å². The second-order valence-electron chi connectivity index (χ2n) is 7.32. The molecule has 4 rings (SSSR count). The summed E-state index contributed by atoms with van der Waals surface area (Å²) in [6, 6.07) is 3.44. The number of carbonyl (C=O) groups excluding carboxylic acids is 1. The molecule has 0 N–H and O–H groups in total. The molecule has 0 saturated carbocycles. The van der Waals surface area contributed by atoms with Crippen molar-refractivity contribution in [3.63, 3.8) is 0 Å². The number of rotatable bonds is 3. The number of hydrogen-bond acceptors (Lipinski definition) is 6. The summed E-state index contributed by atoms with van der Waals surface area (Å²) in [6.07, 6.45) is 3.30. The van der Waals surface area contributed by atoms with E-state index < -0.39 is 0 Å². The molecule has 2 saturated heterocycles. The van der Waals surface area contributed by atoms with E-state index in [1.807, 2.05) is 18.7 Å². The molecule has 0 aliphatic carbocycles. The highest BCUT2D eigenvalue weighted by atomic mass is 16.5. The van der Waals surface area contributed by atoms with Crippen LogP contribution in [0.1, 0.15) is 60.9 Å². The van der Waals surface area contributed by atoms with Gasteiger partial charge in [-0.3, -0.25) is 4.79 Å². The van der Waals surface area contributed by atoms with Gasteiger partial charge in [-0.1, -0.05) is 13.8 Å². The Bertz CT molecular complexity index is 731. The van der Waals surface area contributed by atoms with Gasteiger partial charge < -0.3 is 18.5 Å². The summed E-state index contributed by atoms with van der Waals surface area (Å²) >= 11 is 0. The third-order valence-corrected chi connectivity index (χ3v) is 5.40. The predicted octanol–water partition coefficient (Wildman–Crippen LogP) is 2.82. The van der Waals surface area contributed by atoms with Crippen LogP contribution in [-0.4, -0.2) is 47.3 Å². The van der Waals surface area contributed by atoms with Crippen LogP contribution in [0.5, 0.6) is 0 Å². The van der Waals surface area contributed by atoms with E-state index in [9.17, 15) is 4.79 Å². The van der Waals surface area contributed by atoms with Gasteiger partial charge in [0, 0.05) is 37.6 Å². The zero-order chi connectivity index (χ0) is 17.4. The highest BCUT2D eigenvalue weighted by molar-refractivity contribution is 5.91. The van der Waals surface area contributed by atoms with Crippen LogP contribution < -0.4 is 0 Å². The second kappa shape index (κ2) is 6.29. The lowest BCUT2D eigenvalue weighted by Gasteiger charge is -2.36. The molecule has 1 amide bonds. The van der Waals surface area contributed by atoms with E-state index in [1.54, 1.807) is 12.1 Å². The van der Waals surface area contributed by atoms with Gasteiger partial charge in [-0.15, -0.1) is 10.2 Å². The summed E-state index contributed by atoms with van der Waals surface area (Å²) in [4.78, 5) is 14.6. The minimum Gasteiger partial charge on any atom is -0.459 e. The van der Waals surface area contributed by atoms with E-state index >= 15 is 0 Å². The first-order chi connectivity index (χ1) is 12.1. The smallest absolute Gasteiger partial charge is 0.289 e. The Morgan fingerprint density at radius 2 is 2.12 bits per heavy atom. The Hall–Kier alpha value is -2.15. The van der Waals surface area contributed by atoms with Gasteiger partial charge in [0.1, 0.15) is 0 Å². The number of carbonyl (C=O) groups is 1. The van der Waals surface area contributed by atoms with Gasteiger partial charge in [-0.05, 0) is 25.0 Å². The quantitative estimate of drug-likeness (QED) is 0.851. The van der Waals surface area contributed by atoms with Crippen molar-refractivity contribution in [1.82, 2.24) is 15.1 Å². The number of furan rings is 1. The normalized spacial score (nSPS) is 22.8. The molecule has 2 aromatic heterocycles. The molecule has 1 spiro atoms. The van der Waals surface area contributed by atoms with E-state index in [0.717, 1.165) is 12.8 Å². The number of likely N-dealkylation sites (tertiary alicyclic amines) is 1. The number of amides is 1. The minimum atomic E-state index is -0.0815. The van der Waals surface area contributed by atoms with Crippen molar-refractivity contribution in [3.05, 3.63) is 35.9 Å². The van der Waals surface area contributed by atoms with Gasteiger partial charge in [0.15, 0.2) is 5.76 Å². The van der Waals surface area contributed by atoms with Gasteiger partial charge in [-0.2, -0.15) is 0 Å². The van der Waals surface area contributed by atoms with Crippen LogP contribution >= 0.6 is 0 Å². The van der Waals surface area contributed by atoms with Gasteiger partial charge >= 0.3 is 0 Å². The number of hydrogen-bond donors (Lipinski definition) is 0. The van der Waals surface area contributed by atoms with Crippen molar-refractivity contribution in [2.24, 2.45) is 5.41 Å². The third-order valence-electron chi connectivity index (χ3n) is 5.40. The number of aromatic nitrogens is 2. The Morgan fingerprint density at radius 1 is 1.32 bits per heavy atom. The highest BCUT2D eigenvalue weighted by Crippen LogP contribution is 2.49. The molecule has 1 unspecified atom stereocenters. The molecular formula is C18H23N3O4. The fourth-order valence-electron chi connectivity index (χ4n) is 3.92. The average molecular weight is 345 g/mol. The van der Waals surface area contributed by atoms with Crippen LogP contribution in [0.3, 0.4) is 0 Å². The lowest BCUT2D eigenvalue weighted by Crippen LogP contribution is -2.37. The summed E-state index contributed by atoms with van der Waals surface area (Å²) in [5.41, 5.74) is -0.0682. The Labute approximate surface area is 146 Å². The van der Waals surface area contributed by atoms with Crippen molar-refractivity contribution in [2.45, 2.75) is 38.5 Å². The SMILES string of the molecule is CC(C)c1nnc(C2CN(C(=O)c3ccco3)CC23CCOCC3)o1. The third kappa shape index (κ3) is 2.86. The fourth-order valence-corrected chi connectivity index (χ4v) is 3.92. The topological polar surface area (TPSA) is 81.6 Å². The van der Waals surface area contributed by atoms with Crippen LogP contribution in [-0.2, 0) is 4.74 Å². The Balaban J connectivity index is 1.64. The van der Waals surface area contributed by atoms with E-state index in [4.69, 9.17) is 13.6 Å². The van der Waals surface area contributed by atoms with Crippen LogP contribution in [0.15, 0.2) is 27.2 Å². The summed E-state index contributed by atoms with van der Waals surface area (Å²) in [5, 5.41) is 8.49. The maximum atomic E-state index is 12.8. The van der Waals surface area contributed by atoms with Crippen molar-refractivity contribution in [1.29, 1.82) is 0 Å². The van der Waals surface area contributed by atoms with Crippen molar-refractivity contribution in [2.75, 3.05) is 26.3 Å². The molecule has 4 heterocycles. The molecule has 7 heteroatoms. The zero-order valence-corrected chi connectivity index (χ0v) is 14.6. The summed E-state index contributed by atoms with van der Waals surface area (Å²) in [5.74, 6) is 1.80. The number of nitrogens with zero attached hydrogens (tertiary/aromatic N) is 3. The first kappa shape index (κ1) is 16.3. The van der Waals surface area contributed by atoms with Crippen molar-refractivity contribution >= 4 is 5.91 Å². The predicted molar refractivity (Wildman–Crippen MR) is 88.2 cm³/mol. The van der Waals surface area contributed by atoms with Crippen molar-refractivity contribution < 1.29 is 18.4 Å². The van der Waals surface area contributed by atoms with Crippen LogP contribution in [0.2, 0.25) is 0 Å². The first-order valence-electron chi connectivity index (χ1n) is 8.83. The molecule has 134 valence electrons. The monoisotopic (exact) mass is 345 g/mol. The molecule has 2 aromatic rings. The van der Waals surface area contributed by atoms with Crippen molar-refractivity contribution in [3.8, 4) is 0 Å². The molecule has 2 aliphatic heterocycles. The average Bonchev–Trinajstić information content (AvgIpc) is 3.35. The van der Waals surface area contributed by atoms with E-state index in [2.05, 4.69) is 10.2 Å². The van der Waals surface area contributed by atoms with Gasteiger partial charge in [0.05, 0.1) is 12.2 Å². The standard InChI is InChI=1S/C18H23N3O4/c1-12(2)15-19-20-16(25-15)13-10-21(17(22)14-4-3-7-24-14)11-18(13)5-8-23-9-6-18/h3-4,7,12-13H,5-6,8-11H2,1-2H3. The van der Waals surface area contributed by atoms with Crippen LogP contribution in [0, 0.1) is 5.41 Å². The first-order valence-corrected chi connectivity index (χ1v) is 8.83. The molecular weight excluding hydrogens is 322 g/mol. The minimum absolute atomic E-state index is 0.0373. The Morgan fingerprint density at radius 3 is 2.76 bits per heavy atom. The molecule has 1 atom stereocenters. The highest BCUT2D eigenvalue weighted by Gasteiger charge is 2.51. The van der Waals surface area contributed by atoms with Gasteiger partial charge in [0.25, 0.3) is 5.91 Å². The maximum absolute atomic E-state index is 12.8. The number of ether oxygens (including phenoxy) is 1. The molecule has 7 nitrogen and oxygen atoms in total. The van der Waals surface area contributed by atoms with Crippen LogP contribution in [0.4, 0.5) is 0 Å². The fraction of sp³-hybridized carbons (Fsp3) is 0.611. The second-order valence-corrected chi connectivity index (χ2v) is 7.32. The molecule has 2 aliphatic rings. The summed E-state index contributed by atoms with van der Waals surface area (Å²) in [6.45, 7) is 6.69. The Kier molecular flexibility index (Phi) is 4.11. The zero-order valence-electron chi connectivity index (χ0n) is 14.6. The molecule has 0 radical (unpaired) electrons. The van der Waals surface area contributed by atoms with E-state index in [0.29, 0.717) is 43.8 Å². The van der Waals surface area contributed by atoms with E-state index in [-0.39, 0.29) is 23.2 Å². The lowest BCUT2D eigenvalue weighted by molar-refractivity contribution is 0.00873. The van der Waals surface area contributed by atoms with E-state index in [1.165, 1.54) is 6.26 Å². The summed E-state index contributed by atoms with van der Waals surface area (Å²) in [7, 11) is 0. The largest absolute Gasteiger partial charge is 0.459 e. The summed E-state index contributed by atoms with van der Waals surface area (Å²) < 4.78 is 16.8. The van der Waals surface area contributed by atoms with Gasteiger partial charge in [0.2, 0.25) is 11.8 Å². The lowest BCUT2D eigenvalue weighted by atomic mass is 9.72. The maximum Gasteiger partial charge on any atom is 0.289 e. The van der Waals surface area contributed by atoms with Gasteiger partial charge in [-0.25, -0.2) is 0 Å².